The Hall–Kier alpha value is -2.85. The first-order chi connectivity index (χ1) is 10.2. The van der Waals surface area contributed by atoms with Crippen LogP contribution in [0.4, 0.5) is 5.69 Å². The fraction of sp³-hybridized carbons (Fsp3) is 0.200. The first-order valence-electron chi connectivity index (χ1n) is 6.19. The quantitative estimate of drug-likeness (QED) is 0.466. The molecule has 2 aromatic rings. The van der Waals surface area contributed by atoms with Gasteiger partial charge in [0.2, 0.25) is 5.75 Å². The lowest BCUT2D eigenvalue weighted by Crippen LogP contribution is -1.95. The van der Waals surface area contributed by atoms with E-state index in [2.05, 4.69) is 10.0 Å². The summed E-state index contributed by atoms with van der Waals surface area (Å²) in [6, 6.07) is 11.0. The van der Waals surface area contributed by atoms with Gasteiger partial charge in [0.05, 0.1) is 21.3 Å². The Morgan fingerprint density at radius 1 is 0.857 bits per heavy atom. The molecular formula is C15H15N3O3. The van der Waals surface area contributed by atoms with Gasteiger partial charge in [0, 0.05) is 10.6 Å². The molecule has 0 aliphatic carbocycles. The van der Waals surface area contributed by atoms with Crippen LogP contribution in [0.25, 0.3) is 21.6 Å². The van der Waals surface area contributed by atoms with E-state index in [4.69, 9.17) is 19.7 Å². The Balaban J connectivity index is 2.50. The minimum atomic E-state index is 0.550. The fourth-order valence-corrected chi connectivity index (χ4v) is 2.02. The maximum Gasteiger partial charge on any atom is 0.203 e. The van der Waals surface area contributed by atoms with E-state index < -0.39 is 0 Å². The average molecular weight is 285 g/mol. The van der Waals surface area contributed by atoms with Crippen LogP contribution in [-0.4, -0.2) is 21.3 Å². The summed E-state index contributed by atoms with van der Waals surface area (Å²) in [5.41, 5.74) is 10.8. The molecular weight excluding hydrogens is 270 g/mol. The Kier molecular flexibility index (Phi) is 4.53. The zero-order valence-electron chi connectivity index (χ0n) is 12.0. The third kappa shape index (κ3) is 3.01. The standard InChI is InChI=1S/C15H15N3O3/c1-19-13-8-11(9-14(20-2)15(13)21-3)10-4-6-12(7-5-10)17-18-16/h4-9H,1-3H3. The number of nitrogens with zero attached hydrogens (tertiary/aromatic N) is 3. The van der Waals surface area contributed by atoms with E-state index in [1.54, 1.807) is 33.5 Å². The number of hydrogen-bond acceptors (Lipinski definition) is 4. The fourth-order valence-electron chi connectivity index (χ4n) is 2.02. The Bertz CT molecular complexity index is 652. The first-order valence-corrected chi connectivity index (χ1v) is 6.19. The van der Waals surface area contributed by atoms with Gasteiger partial charge in [-0.2, -0.15) is 0 Å². The van der Waals surface area contributed by atoms with E-state index >= 15 is 0 Å². The van der Waals surface area contributed by atoms with Gasteiger partial charge < -0.3 is 14.2 Å². The lowest BCUT2D eigenvalue weighted by Gasteiger charge is -2.14. The van der Waals surface area contributed by atoms with Crippen LogP contribution in [0, 0.1) is 0 Å². The average Bonchev–Trinajstić information content (AvgIpc) is 2.54. The van der Waals surface area contributed by atoms with Crippen molar-refractivity contribution in [3.8, 4) is 28.4 Å². The first kappa shape index (κ1) is 14.6. The molecule has 21 heavy (non-hydrogen) atoms. The third-order valence-corrected chi connectivity index (χ3v) is 3.03. The predicted octanol–water partition coefficient (Wildman–Crippen LogP) is 4.32. The van der Waals surface area contributed by atoms with Crippen molar-refractivity contribution < 1.29 is 14.2 Å². The highest BCUT2D eigenvalue weighted by atomic mass is 16.5. The van der Waals surface area contributed by atoms with Crippen LogP contribution in [0.15, 0.2) is 41.5 Å². The van der Waals surface area contributed by atoms with Gasteiger partial charge in [-0.05, 0) is 28.8 Å². The summed E-state index contributed by atoms with van der Waals surface area (Å²) in [4.78, 5) is 2.75. The number of azide groups is 1. The van der Waals surface area contributed by atoms with Crippen LogP contribution in [0.1, 0.15) is 0 Å². The van der Waals surface area contributed by atoms with Crippen molar-refractivity contribution in [1.82, 2.24) is 0 Å². The lowest BCUT2D eigenvalue weighted by atomic mass is 10.0. The highest BCUT2D eigenvalue weighted by Gasteiger charge is 2.13. The highest BCUT2D eigenvalue weighted by molar-refractivity contribution is 5.72. The molecule has 0 bridgehead atoms. The largest absolute Gasteiger partial charge is 0.493 e. The molecule has 2 aromatic carbocycles. The molecule has 0 aliphatic rings. The SMILES string of the molecule is COc1cc(-c2ccc(N=[N+]=[N-])cc2)cc(OC)c1OC. The summed E-state index contributed by atoms with van der Waals surface area (Å²) in [6.07, 6.45) is 0. The smallest absolute Gasteiger partial charge is 0.203 e. The molecule has 0 saturated heterocycles. The summed E-state index contributed by atoms with van der Waals surface area (Å²) in [6.45, 7) is 0. The molecule has 0 radical (unpaired) electrons. The van der Waals surface area contributed by atoms with E-state index in [9.17, 15) is 0 Å². The number of benzene rings is 2. The minimum absolute atomic E-state index is 0.550. The summed E-state index contributed by atoms with van der Waals surface area (Å²) < 4.78 is 16.0. The molecule has 0 amide bonds. The lowest BCUT2D eigenvalue weighted by molar-refractivity contribution is 0.324. The van der Waals surface area contributed by atoms with Crippen molar-refractivity contribution >= 4 is 5.69 Å². The van der Waals surface area contributed by atoms with Crippen molar-refractivity contribution in [3.63, 3.8) is 0 Å². The second-order valence-electron chi connectivity index (χ2n) is 4.15. The molecule has 6 heteroatoms. The summed E-state index contributed by atoms with van der Waals surface area (Å²) in [5.74, 6) is 1.73. The van der Waals surface area contributed by atoms with Crippen molar-refractivity contribution in [2.24, 2.45) is 5.11 Å². The van der Waals surface area contributed by atoms with E-state index in [0.29, 0.717) is 22.9 Å². The van der Waals surface area contributed by atoms with Crippen molar-refractivity contribution in [3.05, 3.63) is 46.8 Å². The topological polar surface area (TPSA) is 76.5 Å². The number of hydrogen-bond donors (Lipinski definition) is 0. The molecule has 108 valence electrons. The van der Waals surface area contributed by atoms with Crippen molar-refractivity contribution in [1.29, 1.82) is 0 Å². The summed E-state index contributed by atoms with van der Waals surface area (Å²) in [5, 5.41) is 3.55. The second kappa shape index (κ2) is 6.54. The molecule has 0 fully saturated rings. The molecule has 0 N–H and O–H groups in total. The minimum Gasteiger partial charge on any atom is -0.493 e. The van der Waals surface area contributed by atoms with Gasteiger partial charge >= 0.3 is 0 Å². The van der Waals surface area contributed by atoms with Gasteiger partial charge in [-0.3, -0.25) is 0 Å². The molecule has 0 heterocycles. The van der Waals surface area contributed by atoms with Crippen LogP contribution in [-0.2, 0) is 0 Å². The van der Waals surface area contributed by atoms with E-state index in [-0.39, 0.29) is 0 Å². The van der Waals surface area contributed by atoms with E-state index in [0.717, 1.165) is 11.1 Å². The number of ether oxygens (including phenoxy) is 3. The Morgan fingerprint density at radius 2 is 1.43 bits per heavy atom. The zero-order valence-corrected chi connectivity index (χ0v) is 12.0. The molecule has 0 unspecified atom stereocenters. The molecule has 0 saturated carbocycles. The highest BCUT2D eigenvalue weighted by Crippen LogP contribution is 2.41. The third-order valence-electron chi connectivity index (χ3n) is 3.03. The van der Waals surface area contributed by atoms with Crippen LogP contribution in [0.2, 0.25) is 0 Å². The molecule has 0 aromatic heterocycles. The van der Waals surface area contributed by atoms with Crippen molar-refractivity contribution in [2.75, 3.05) is 21.3 Å². The van der Waals surface area contributed by atoms with Crippen LogP contribution in [0.5, 0.6) is 17.2 Å². The molecule has 0 spiro atoms. The van der Waals surface area contributed by atoms with Crippen molar-refractivity contribution in [2.45, 2.75) is 0 Å². The summed E-state index contributed by atoms with van der Waals surface area (Å²) in [7, 11) is 4.71. The molecule has 0 atom stereocenters. The van der Waals surface area contributed by atoms with Crippen LogP contribution in [0.3, 0.4) is 0 Å². The van der Waals surface area contributed by atoms with E-state index in [1.807, 2.05) is 24.3 Å². The Labute approximate surface area is 122 Å². The molecule has 0 aliphatic heterocycles. The summed E-state index contributed by atoms with van der Waals surface area (Å²) >= 11 is 0. The molecule has 6 nitrogen and oxygen atoms in total. The normalized spacial score (nSPS) is 9.67. The number of rotatable bonds is 5. The number of methoxy groups -OCH3 is 3. The molecule has 2 rings (SSSR count). The van der Waals surface area contributed by atoms with Crippen LogP contribution < -0.4 is 14.2 Å². The maximum absolute atomic E-state index is 8.41. The zero-order chi connectivity index (χ0) is 15.2. The van der Waals surface area contributed by atoms with Gasteiger partial charge in [-0.15, -0.1) is 0 Å². The van der Waals surface area contributed by atoms with E-state index in [1.165, 1.54) is 0 Å². The van der Waals surface area contributed by atoms with Crippen LogP contribution >= 0.6 is 0 Å². The maximum atomic E-state index is 8.41. The van der Waals surface area contributed by atoms with Gasteiger partial charge in [0.1, 0.15) is 0 Å². The van der Waals surface area contributed by atoms with Gasteiger partial charge in [-0.25, -0.2) is 0 Å². The second-order valence-corrected chi connectivity index (χ2v) is 4.15. The van der Waals surface area contributed by atoms with Gasteiger partial charge in [0.25, 0.3) is 0 Å². The monoisotopic (exact) mass is 285 g/mol. The van der Waals surface area contributed by atoms with Gasteiger partial charge in [0.15, 0.2) is 11.5 Å². The Morgan fingerprint density at radius 3 is 1.86 bits per heavy atom. The van der Waals surface area contributed by atoms with Gasteiger partial charge in [-0.1, -0.05) is 29.4 Å². The predicted molar refractivity (Wildman–Crippen MR) is 80.3 cm³/mol.